The van der Waals surface area contributed by atoms with Gasteiger partial charge in [0.2, 0.25) is 0 Å². The van der Waals surface area contributed by atoms with Crippen LogP contribution < -0.4 is 0 Å². The number of hydrogen-bond acceptors (Lipinski definition) is 20. The molecule has 2 aromatic rings. The van der Waals surface area contributed by atoms with E-state index in [9.17, 15) is 61.3 Å². The number of aliphatic hydroxyl groups is 15. The summed E-state index contributed by atoms with van der Waals surface area (Å²) in [5.74, 6) is -32.8. The Balaban J connectivity index is 1.87. The third-order valence-corrected chi connectivity index (χ3v) is 7.18. The smallest absolute Gasteiger partial charge is 0.347 e. The van der Waals surface area contributed by atoms with Gasteiger partial charge in [0, 0.05) is 15.4 Å². The van der Waals surface area contributed by atoms with Gasteiger partial charge < -0.3 is 76.6 Å². The Labute approximate surface area is 231 Å². The second kappa shape index (κ2) is 9.55. The molecule has 20 heteroatoms. The average molecular weight is 608 g/mol. The summed E-state index contributed by atoms with van der Waals surface area (Å²) in [6.45, 7) is -2.37. The van der Waals surface area contributed by atoms with Crippen molar-refractivity contribution in [2.45, 2.75) is 51.4 Å². The number of β-amino-alcohol motifs (C(OH)–C–C–N with tert-alkyl or cyclic N) is 2. The van der Waals surface area contributed by atoms with Crippen molar-refractivity contribution in [1.29, 1.82) is 0 Å². The molecule has 2 aromatic carbocycles. The first-order valence-corrected chi connectivity index (χ1v) is 11.9. The van der Waals surface area contributed by atoms with Gasteiger partial charge in [0.1, 0.15) is 5.84 Å². The van der Waals surface area contributed by atoms with Gasteiger partial charge in [-0.25, -0.2) is 9.89 Å². The summed E-state index contributed by atoms with van der Waals surface area (Å²) in [7, 11) is 0. The lowest BCUT2D eigenvalue weighted by molar-refractivity contribution is -0.612. The molecular formula is C21H25N3O16S. The molecule has 0 aromatic heterocycles. The van der Waals surface area contributed by atoms with Crippen LogP contribution >= 0.6 is 11.8 Å². The summed E-state index contributed by atoms with van der Waals surface area (Å²) in [5.41, 5.74) is -0.0761. The highest BCUT2D eigenvalue weighted by atomic mass is 32.2. The molecule has 0 atom stereocenters. The van der Waals surface area contributed by atoms with Crippen molar-refractivity contribution in [2.75, 3.05) is 6.54 Å². The predicted octanol–water partition coefficient (Wildman–Crippen LogP) is -6.68. The number of hydrogen-bond donors (Lipinski definition) is 15. The number of benzene rings is 2. The van der Waals surface area contributed by atoms with Crippen molar-refractivity contribution in [2.24, 2.45) is 4.99 Å². The monoisotopic (exact) mass is 607 g/mol. The quantitative estimate of drug-likeness (QED) is 0.140. The van der Waals surface area contributed by atoms with Gasteiger partial charge in [-0.05, 0) is 18.2 Å². The molecule has 0 bridgehead atoms. The molecule has 0 unspecified atom stereocenters. The van der Waals surface area contributed by atoms with Crippen molar-refractivity contribution in [3.05, 3.63) is 54.1 Å². The highest BCUT2D eigenvalue weighted by Gasteiger charge is 2.78. The van der Waals surface area contributed by atoms with Crippen LogP contribution in [0.25, 0.3) is 0 Å². The second-order valence-electron chi connectivity index (χ2n) is 9.05. The first-order chi connectivity index (χ1) is 18.5. The summed E-state index contributed by atoms with van der Waals surface area (Å²) in [6, 6.07) is 11.8. The molecule has 0 aliphatic carbocycles. The van der Waals surface area contributed by atoms with E-state index >= 15 is 0 Å². The Morgan fingerprint density at radius 2 is 1.17 bits per heavy atom. The molecule has 4 rings (SSSR count). The molecule has 15 N–H and O–H groups in total. The topological polar surface area (TPSA) is 332 Å². The third kappa shape index (κ3) is 5.00. The third-order valence-electron chi connectivity index (χ3n) is 6.03. The maximum absolute atomic E-state index is 11.0. The normalized spacial score (nSPS) is 21.9. The van der Waals surface area contributed by atoms with Crippen LogP contribution in [-0.2, 0) is 4.74 Å². The SMILES string of the molecule is OC(O)(CN1C(O)(O)C(O)(O)N(C2=Nc3ccccc3Sc3ccccc32)C(O)(O)C1(O)O)OC(O)(O)C(O)(O)O. The van der Waals surface area contributed by atoms with Crippen molar-refractivity contribution in [1.82, 2.24) is 9.80 Å². The van der Waals surface area contributed by atoms with Gasteiger partial charge in [-0.3, -0.25) is 4.74 Å². The molecule has 19 nitrogen and oxygen atoms in total. The zero-order chi connectivity index (χ0) is 31.0. The van der Waals surface area contributed by atoms with E-state index in [-0.39, 0.29) is 16.1 Å². The molecule has 0 saturated carbocycles. The lowest BCUT2D eigenvalue weighted by atomic mass is 10.0. The van der Waals surface area contributed by atoms with Crippen LogP contribution in [0, 0.1) is 0 Å². The zero-order valence-corrected chi connectivity index (χ0v) is 21.0. The number of nitrogens with zero attached hydrogens (tertiary/aromatic N) is 3. The summed E-state index contributed by atoms with van der Waals surface area (Å²) in [4.78, 5) is 3.33. The number of rotatable bonds is 5. The second-order valence-corrected chi connectivity index (χ2v) is 10.1. The van der Waals surface area contributed by atoms with Crippen molar-refractivity contribution >= 4 is 23.3 Å². The summed E-state index contributed by atoms with van der Waals surface area (Å²) < 4.78 is 3.68. The highest BCUT2D eigenvalue weighted by molar-refractivity contribution is 7.99. The summed E-state index contributed by atoms with van der Waals surface area (Å²) >= 11 is 1.07. The summed E-state index contributed by atoms with van der Waals surface area (Å²) in [5, 5.41) is 152. The number of piperazine rings is 1. The molecule has 2 aliphatic heterocycles. The zero-order valence-electron chi connectivity index (χ0n) is 20.2. The van der Waals surface area contributed by atoms with Gasteiger partial charge in [-0.1, -0.05) is 42.1 Å². The summed E-state index contributed by atoms with van der Waals surface area (Å²) in [6.07, 6.45) is 0. The van der Waals surface area contributed by atoms with Crippen molar-refractivity contribution in [3.63, 3.8) is 0 Å². The van der Waals surface area contributed by atoms with E-state index in [1.165, 1.54) is 30.3 Å². The first kappa shape index (κ1) is 31.5. The predicted molar refractivity (Wildman–Crippen MR) is 125 cm³/mol. The fourth-order valence-corrected chi connectivity index (χ4v) is 5.00. The minimum atomic E-state index is -4.69. The van der Waals surface area contributed by atoms with Crippen LogP contribution in [-0.4, -0.2) is 140 Å². The van der Waals surface area contributed by atoms with Crippen molar-refractivity contribution < 1.29 is 81.3 Å². The lowest BCUT2D eigenvalue weighted by Crippen LogP contribution is -2.91. The fraction of sp³-hybridized carbons (Fsp3) is 0.381. The maximum Gasteiger partial charge on any atom is 0.368 e. The van der Waals surface area contributed by atoms with Crippen LogP contribution in [0.15, 0.2) is 63.3 Å². The number of aliphatic imine (C=N–C) groups is 1. The van der Waals surface area contributed by atoms with Crippen LogP contribution in [0.1, 0.15) is 5.56 Å². The van der Waals surface area contributed by atoms with Gasteiger partial charge in [-0.2, -0.15) is 4.90 Å². The van der Waals surface area contributed by atoms with Gasteiger partial charge in [0.25, 0.3) is 5.97 Å². The molecule has 0 radical (unpaired) electrons. The Kier molecular flexibility index (Phi) is 7.34. The Hall–Kier alpha value is -2.42. The van der Waals surface area contributed by atoms with E-state index < -0.39 is 63.7 Å². The van der Waals surface area contributed by atoms with Crippen LogP contribution in [0.2, 0.25) is 0 Å². The standard InChI is InChI=1S/C21H25N3O16S/c25-15(26,40-21(38,39)20(35,36)37)9-23-16(27,28)18(31,32)24(19(33,34)17(23,29)30)14-10-5-1-3-7-12(10)41-13-8-4-2-6-11(13)22-14/h1-8,25-39H,9H2. The van der Waals surface area contributed by atoms with Gasteiger partial charge in [0.05, 0.1) is 12.2 Å². The number of ether oxygens (including phenoxy) is 1. The maximum atomic E-state index is 11.0. The van der Waals surface area contributed by atoms with Gasteiger partial charge >= 0.3 is 35.6 Å². The number of amidine groups is 1. The van der Waals surface area contributed by atoms with E-state index in [2.05, 4.69) is 9.73 Å². The van der Waals surface area contributed by atoms with Gasteiger partial charge in [-0.15, -0.1) is 0 Å². The molecule has 1 fully saturated rings. The van der Waals surface area contributed by atoms with E-state index in [0.717, 1.165) is 11.8 Å². The fourth-order valence-electron chi connectivity index (χ4n) is 3.99. The Bertz CT molecular complexity index is 1330. The van der Waals surface area contributed by atoms with Gasteiger partial charge in [0.15, 0.2) is 0 Å². The van der Waals surface area contributed by atoms with E-state index in [1.807, 2.05) is 0 Å². The van der Waals surface area contributed by atoms with Crippen LogP contribution in [0.4, 0.5) is 5.69 Å². The van der Waals surface area contributed by atoms with E-state index in [4.69, 9.17) is 15.3 Å². The largest absolute Gasteiger partial charge is 0.368 e. The molecule has 0 spiro atoms. The first-order valence-electron chi connectivity index (χ1n) is 11.1. The van der Waals surface area contributed by atoms with E-state index in [0.29, 0.717) is 4.90 Å². The molecule has 2 heterocycles. The molecule has 226 valence electrons. The molecule has 41 heavy (non-hydrogen) atoms. The Morgan fingerprint density at radius 1 is 0.683 bits per heavy atom. The van der Waals surface area contributed by atoms with Crippen molar-refractivity contribution in [3.8, 4) is 0 Å². The molecular weight excluding hydrogens is 582 g/mol. The highest BCUT2D eigenvalue weighted by Crippen LogP contribution is 2.48. The van der Waals surface area contributed by atoms with E-state index in [1.54, 1.807) is 18.2 Å². The average Bonchev–Trinajstić information content (AvgIpc) is 2.96. The minimum Gasteiger partial charge on any atom is -0.347 e. The number of para-hydroxylation sites is 1. The van der Waals surface area contributed by atoms with Crippen LogP contribution in [0.5, 0.6) is 0 Å². The minimum absolute atomic E-state index is 0.0570. The number of fused-ring (bicyclic) bond motifs is 2. The molecule has 2 aliphatic rings. The van der Waals surface area contributed by atoms with Crippen LogP contribution in [0.3, 0.4) is 0 Å². The Morgan fingerprint density at radius 3 is 1.71 bits per heavy atom. The molecule has 1 saturated heterocycles. The molecule has 0 amide bonds. The lowest BCUT2D eigenvalue weighted by Gasteiger charge is -2.61.